The number of para-hydroxylation sites is 1. The third-order valence-electron chi connectivity index (χ3n) is 2.95. The van der Waals surface area contributed by atoms with Gasteiger partial charge >= 0.3 is 0 Å². The van der Waals surface area contributed by atoms with Gasteiger partial charge in [-0.05, 0) is 30.3 Å². The molecule has 1 N–H and O–H groups in total. The monoisotopic (exact) mass is 275 g/mol. The Kier molecular flexibility index (Phi) is 3.89. The zero-order valence-electron chi connectivity index (χ0n) is 11.1. The first kappa shape index (κ1) is 13.9. The Morgan fingerprint density at radius 1 is 1.25 bits per heavy atom. The van der Waals surface area contributed by atoms with Gasteiger partial charge in [-0.25, -0.2) is 4.39 Å². The molecule has 0 atom stereocenters. The van der Waals surface area contributed by atoms with Gasteiger partial charge in [-0.2, -0.15) is 0 Å². The molecular weight excluding hydrogens is 261 g/mol. The van der Waals surface area contributed by atoms with Crippen molar-refractivity contribution in [3.63, 3.8) is 0 Å². The number of amides is 1. The van der Waals surface area contributed by atoms with Crippen molar-refractivity contribution in [1.29, 1.82) is 0 Å². The molecule has 0 saturated heterocycles. The number of aromatic hydroxyl groups is 1. The predicted octanol–water partition coefficient (Wildman–Crippen LogP) is 2.82. The molecule has 0 fully saturated rings. The van der Waals surface area contributed by atoms with Crippen molar-refractivity contribution < 1.29 is 19.0 Å². The lowest BCUT2D eigenvalue weighted by Crippen LogP contribution is -2.26. The molecule has 1 amide bonds. The molecule has 2 aromatic rings. The number of hydrogen-bond donors (Lipinski definition) is 1. The average Bonchev–Trinajstić information content (AvgIpc) is 2.46. The summed E-state index contributed by atoms with van der Waals surface area (Å²) in [5, 5.41) is 9.96. The molecule has 0 saturated carbocycles. The van der Waals surface area contributed by atoms with Gasteiger partial charge in [-0.15, -0.1) is 0 Å². The van der Waals surface area contributed by atoms with E-state index >= 15 is 0 Å². The summed E-state index contributed by atoms with van der Waals surface area (Å²) in [6.45, 7) is 0. The van der Waals surface area contributed by atoms with Crippen molar-refractivity contribution >= 4 is 11.6 Å². The van der Waals surface area contributed by atoms with E-state index in [2.05, 4.69) is 0 Å². The van der Waals surface area contributed by atoms with Gasteiger partial charge in [-0.1, -0.05) is 12.1 Å². The van der Waals surface area contributed by atoms with Crippen LogP contribution in [0.1, 0.15) is 10.4 Å². The van der Waals surface area contributed by atoms with Crippen LogP contribution in [0.15, 0.2) is 42.5 Å². The lowest BCUT2D eigenvalue weighted by atomic mass is 10.1. The highest BCUT2D eigenvalue weighted by molar-refractivity contribution is 6.07. The number of nitrogens with zero attached hydrogens (tertiary/aromatic N) is 1. The molecule has 0 radical (unpaired) electrons. The Hall–Kier alpha value is -2.56. The van der Waals surface area contributed by atoms with E-state index in [0.717, 1.165) is 0 Å². The molecule has 0 bridgehead atoms. The number of benzene rings is 2. The van der Waals surface area contributed by atoms with Crippen molar-refractivity contribution in [2.45, 2.75) is 0 Å². The highest BCUT2D eigenvalue weighted by Gasteiger charge is 2.19. The summed E-state index contributed by atoms with van der Waals surface area (Å²) in [5.41, 5.74) is 0.494. The number of ether oxygens (including phenoxy) is 1. The number of anilines is 1. The van der Waals surface area contributed by atoms with Gasteiger partial charge in [0.25, 0.3) is 5.91 Å². The van der Waals surface area contributed by atoms with E-state index in [1.54, 1.807) is 18.2 Å². The fourth-order valence-electron chi connectivity index (χ4n) is 1.84. The molecule has 0 heterocycles. The Morgan fingerprint density at radius 3 is 2.60 bits per heavy atom. The highest BCUT2D eigenvalue weighted by atomic mass is 19.1. The lowest BCUT2D eigenvalue weighted by Gasteiger charge is -2.18. The van der Waals surface area contributed by atoms with Crippen LogP contribution in [0, 0.1) is 5.82 Å². The summed E-state index contributed by atoms with van der Waals surface area (Å²) in [4.78, 5) is 13.6. The second kappa shape index (κ2) is 5.61. The quantitative estimate of drug-likeness (QED) is 0.937. The number of carbonyl (C=O) groups is 1. The zero-order chi connectivity index (χ0) is 14.7. The third kappa shape index (κ3) is 2.56. The van der Waals surface area contributed by atoms with Crippen molar-refractivity contribution in [3.05, 3.63) is 53.8 Å². The van der Waals surface area contributed by atoms with Gasteiger partial charge in [0.2, 0.25) is 0 Å². The van der Waals surface area contributed by atoms with Crippen LogP contribution in [-0.2, 0) is 0 Å². The highest BCUT2D eigenvalue weighted by Crippen LogP contribution is 2.30. The van der Waals surface area contributed by atoms with Gasteiger partial charge in [0.1, 0.15) is 5.82 Å². The number of hydrogen-bond acceptors (Lipinski definition) is 3. The van der Waals surface area contributed by atoms with E-state index in [1.807, 2.05) is 0 Å². The van der Waals surface area contributed by atoms with Gasteiger partial charge in [0.05, 0.1) is 12.7 Å². The number of halogens is 1. The molecule has 5 heteroatoms. The van der Waals surface area contributed by atoms with Crippen LogP contribution >= 0.6 is 0 Å². The van der Waals surface area contributed by atoms with Crippen LogP contribution in [0.25, 0.3) is 0 Å². The van der Waals surface area contributed by atoms with Crippen LogP contribution in [0.4, 0.5) is 10.1 Å². The van der Waals surface area contributed by atoms with Crippen LogP contribution < -0.4 is 9.64 Å². The first-order valence-corrected chi connectivity index (χ1v) is 5.94. The molecule has 0 aliphatic carbocycles. The Labute approximate surface area is 116 Å². The fourth-order valence-corrected chi connectivity index (χ4v) is 1.84. The minimum absolute atomic E-state index is 0.0936. The summed E-state index contributed by atoms with van der Waals surface area (Å²) in [6, 6.07) is 10.3. The molecule has 2 rings (SSSR count). The Bertz CT molecular complexity index is 643. The minimum Gasteiger partial charge on any atom is -0.504 e. The smallest absolute Gasteiger partial charge is 0.261 e. The molecule has 0 aliphatic rings. The van der Waals surface area contributed by atoms with Crippen LogP contribution in [0.2, 0.25) is 0 Å². The van der Waals surface area contributed by atoms with Gasteiger partial charge in [0.15, 0.2) is 11.5 Å². The maximum absolute atomic E-state index is 13.2. The largest absolute Gasteiger partial charge is 0.504 e. The molecule has 0 spiro atoms. The number of carbonyl (C=O) groups excluding carboxylic acids is 1. The average molecular weight is 275 g/mol. The minimum atomic E-state index is -0.452. The van der Waals surface area contributed by atoms with Gasteiger partial charge < -0.3 is 14.7 Å². The van der Waals surface area contributed by atoms with Crippen LogP contribution in [-0.4, -0.2) is 25.2 Å². The number of phenols is 1. The number of phenolic OH excluding ortho intramolecular Hbond substituents is 1. The summed E-state index contributed by atoms with van der Waals surface area (Å²) in [5.74, 6) is -0.907. The normalized spacial score (nSPS) is 10.2. The fraction of sp³-hybridized carbons (Fsp3) is 0.133. The summed E-state index contributed by atoms with van der Waals surface area (Å²) >= 11 is 0. The van der Waals surface area contributed by atoms with Crippen LogP contribution in [0.5, 0.6) is 11.5 Å². The molecular formula is C15H14FNO3. The summed E-state index contributed by atoms with van der Waals surface area (Å²) < 4.78 is 18.1. The van der Waals surface area contributed by atoms with E-state index in [4.69, 9.17) is 4.74 Å². The van der Waals surface area contributed by atoms with Crippen molar-refractivity contribution in [2.75, 3.05) is 19.1 Å². The first-order chi connectivity index (χ1) is 9.54. The molecule has 20 heavy (non-hydrogen) atoms. The number of methoxy groups -OCH3 is 1. The summed E-state index contributed by atoms with van der Waals surface area (Å²) in [7, 11) is 2.91. The number of rotatable bonds is 3. The Balaban J connectivity index is 2.36. The van der Waals surface area contributed by atoms with Crippen molar-refractivity contribution in [1.82, 2.24) is 0 Å². The molecule has 104 valence electrons. The molecule has 0 aliphatic heterocycles. The van der Waals surface area contributed by atoms with E-state index in [0.29, 0.717) is 5.69 Å². The molecule has 0 unspecified atom stereocenters. The topological polar surface area (TPSA) is 49.8 Å². The SMILES string of the molecule is COc1cccc(C(=O)N(C)c2cccc(F)c2)c1O. The van der Waals surface area contributed by atoms with Crippen LogP contribution in [0.3, 0.4) is 0 Å². The van der Waals surface area contributed by atoms with E-state index in [-0.39, 0.29) is 17.1 Å². The lowest BCUT2D eigenvalue weighted by molar-refractivity contribution is 0.0990. The standard InChI is InChI=1S/C15H14FNO3/c1-17(11-6-3-5-10(16)9-11)15(19)12-7-4-8-13(20-2)14(12)18/h3-9,18H,1-2H3. The second-order valence-corrected chi connectivity index (χ2v) is 4.20. The first-order valence-electron chi connectivity index (χ1n) is 5.94. The maximum Gasteiger partial charge on any atom is 0.261 e. The van der Waals surface area contributed by atoms with Crippen molar-refractivity contribution in [2.24, 2.45) is 0 Å². The van der Waals surface area contributed by atoms with E-state index < -0.39 is 11.7 Å². The summed E-state index contributed by atoms with van der Waals surface area (Å²) in [6.07, 6.45) is 0. The maximum atomic E-state index is 13.2. The predicted molar refractivity (Wildman–Crippen MR) is 73.8 cm³/mol. The zero-order valence-corrected chi connectivity index (χ0v) is 11.1. The molecule has 0 aromatic heterocycles. The van der Waals surface area contributed by atoms with Crippen molar-refractivity contribution in [3.8, 4) is 11.5 Å². The second-order valence-electron chi connectivity index (χ2n) is 4.20. The Morgan fingerprint density at radius 2 is 1.95 bits per heavy atom. The van der Waals surface area contributed by atoms with E-state index in [9.17, 15) is 14.3 Å². The third-order valence-corrected chi connectivity index (χ3v) is 2.95. The van der Waals surface area contributed by atoms with Gasteiger partial charge in [0, 0.05) is 12.7 Å². The van der Waals surface area contributed by atoms with E-state index in [1.165, 1.54) is 43.3 Å². The molecule has 4 nitrogen and oxygen atoms in total. The molecule has 2 aromatic carbocycles. The van der Waals surface area contributed by atoms with Gasteiger partial charge in [-0.3, -0.25) is 4.79 Å².